The van der Waals surface area contributed by atoms with E-state index in [2.05, 4.69) is 10.2 Å². The van der Waals surface area contributed by atoms with Gasteiger partial charge in [0.1, 0.15) is 5.75 Å². The highest BCUT2D eigenvalue weighted by atomic mass is 35.5. The average Bonchev–Trinajstić information content (AvgIpc) is 3.20. The predicted octanol–water partition coefficient (Wildman–Crippen LogP) is 4.12. The monoisotopic (exact) mass is 446 g/mol. The van der Waals surface area contributed by atoms with Gasteiger partial charge in [-0.2, -0.15) is 0 Å². The average molecular weight is 447 g/mol. The second-order valence-corrected chi connectivity index (χ2v) is 8.17. The minimum atomic E-state index is -0.0196. The fourth-order valence-electron chi connectivity index (χ4n) is 2.53. The van der Waals surface area contributed by atoms with Crippen molar-refractivity contribution in [2.75, 3.05) is 31.8 Å². The summed E-state index contributed by atoms with van der Waals surface area (Å²) in [7, 11) is 5.77. The lowest BCUT2D eigenvalue weighted by molar-refractivity contribution is -0.127. The molecule has 0 atom stereocenters. The number of benzene rings is 2. The quantitative estimate of drug-likeness (QED) is 0.458. The summed E-state index contributed by atoms with van der Waals surface area (Å²) in [4.78, 5) is 16.1. The van der Waals surface area contributed by atoms with E-state index in [1.807, 2.05) is 43.3 Å². The number of carbonyl (C=O) groups is 1. The van der Waals surface area contributed by atoms with Crippen molar-refractivity contribution in [1.82, 2.24) is 15.1 Å². The Labute approximate surface area is 185 Å². The molecule has 9 heteroatoms. The van der Waals surface area contributed by atoms with Gasteiger partial charge in [-0.15, -0.1) is 10.2 Å². The van der Waals surface area contributed by atoms with E-state index < -0.39 is 0 Å². The van der Waals surface area contributed by atoms with Crippen molar-refractivity contribution >= 4 is 35.0 Å². The number of aromatic nitrogens is 2. The second-order valence-electron chi connectivity index (χ2n) is 6.80. The zero-order valence-corrected chi connectivity index (χ0v) is 18.6. The smallest absolute Gasteiger partial charge is 0.277 e. The van der Waals surface area contributed by atoms with Crippen LogP contribution in [0, 0.1) is 0 Å². The van der Waals surface area contributed by atoms with Gasteiger partial charge in [0.05, 0.1) is 5.75 Å². The summed E-state index contributed by atoms with van der Waals surface area (Å²) < 4.78 is 11.1. The normalized spacial score (nSPS) is 10.7. The van der Waals surface area contributed by atoms with E-state index in [0.717, 1.165) is 11.3 Å². The van der Waals surface area contributed by atoms with Gasteiger partial charge in [0.15, 0.2) is 6.61 Å². The van der Waals surface area contributed by atoms with E-state index in [-0.39, 0.29) is 18.3 Å². The topological polar surface area (TPSA) is 71.7 Å². The molecule has 0 spiro atoms. The van der Waals surface area contributed by atoms with Crippen LogP contribution < -0.4 is 9.64 Å². The summed E-state index contributed by atoms with van der Waals surface area (Å²) in [6.07, 6.45) is 0. The summed E-state index contributed by atoms with van der Waals surface area (Å²) in [6, 6.07) is 15.1. The Balaban J connectivity index is 1.44. The largest absolute Gasteiger partial charge is 0.484 e. The summed E-state index contributed by atoms with van der Waals surface area (Å²) in [5.74, 6) is 1.19. The van der Waals surface area contributed by atoms with Crippen LogP contribution in [0.4, 0.5) is 5.69 Å². The molecular formula is C21H23ClN4O3S. The minimum absolute atomic E-state index is 0.0196. The zero-order valence-electron chi connectivity index (χ0n) is 17.0. The number of thioether (sulfide) groups is 1. The molecule has 1 amide bonds. The van der Waals surface area contributed by atoms with Crippen molar-refractivity contribution in [2.45, 2.75) is 18.4 Å². The lowest BCUT2D eigenvalue weighted by Crippen LogP contribution is -2.27. The molecule has 0 N–H and O–H groups in total. The summed E-state index contributed by atoms with van der Waals surface area (Å²) in [6.45, 7) is 0.684. The number of hydrogen-bond acceptors (Lipinski definition) is 7. The van der Waals surface area contributed by atoms with Crippen molar-refractivity contribution in [2.24, 2.45) is 0 Å². The maximum absolute atomic E-state index is 12.4. The molecule has 0 radical (unpaired) electrons. The third kappa shape index (κ3) is 6.40. The van der Waals surface area contributed by atoms with E-state index in [0.29, 0.717) is 28.4 Å². The molecule has 1 aromatic heterocycles. The second kappa shape index (κ2) is 10.4. The fraction of sp³-hybridized carbons (Fsp3) is 0.286. The van der Waals surface area contributed by atoms with Gasteiger partial charge < -0.3 is 19.0 Å². The highest BCUT2D eigenvalue weighted by Gasteiger charge is 2.14. The summed E-state index contributed by atoms with van der Waals surface area (Å²) in [5, 5.41) is 8.87. The predicted molar refractivity (Wildman–Crippen MR) is 118 cm³/mol. The first-order chi connectivity index (χ1) is 14.4. The number of hydrogen-bond donors (Lipinski definition) is 0. The van der Waals surface area contributed by atoms with E-state index in [9.17, 15) is 4.79 Å². The molecule has 158 valence electrons. The van der Waals surface area contributed by atoms with Gasteiger partial charge in [0.25, 0.3) is 11.1 Å². The number of halogens is 1. The van der Waals surface area contributed by atoms with E-state index >= 15 is 0 Å². The van der Waals surface area contributed by atoms with Crippen LogP contribution in [0.25, 0.3) is 0 Å². The molecule has 3 aromatic rings. The van der Waals surface area contributed by atoms with Crippen LogP contribution >= 0.6 is 23.4 Å². The number of anilines is 1. The standard InChI is InChI=1S/C21H23ClN4O3S/c1-25(2)17-8-4-15(5-9-17)12-26(3)20(27)14-30-21-24-23-19(29-21)13-28-18-10-6-16(22)7-11-18/h4-11H,12-14H2,1-3H3. The van der Waals surface area contributed by atoms with Gasteiger partial charge in [-0.1, -0.05) is 35.5 Å². The molecule has 0 fully saturated rings. The number of rotatable bonds is 9. The molecule has 1 heterocycles. The number of nitrogens with zero attached hydrogens (tertiary/aromatic N) is 4. The maximum atomic E-state index is 12.4. The minimum Gasteiger partial charge on any atom is -0.484 e. The van der Waals surface area contributed by atoms with Crippen LogP contribution in [0.5, 0.6) is 5.75 Å². The van der Waals surface area contributed by atoms with E-state index in [1.165, 1.54) is 11.8 Å². The number of carbonyl (C=O) groups excluding carboxylic acids is 1. The van der Waals surface area contributed by atoms with Gasteiger partial charge in [-0.05, 0) is 42.0 Å². The molecule has 30 heavy (non-hydrogen) atoms. The Morgan fingerprint density at radius 2 is 1.77 bits per heavy atom. The molecule has 0 aliphatic rings. The molecule has 0 bridgehead atoms. The van der Waals surface area contributed by atoms with Gasteiger partial charge >= 0.3 is 0 Å². The Morgan fingerprint density at radius 3 is 2.43 bits per heavy atom. The van der Waals surface area contributed by atoms with Crippen LogP contribution in [0.1, 0.15) is 11.5 Å². The molecule has 0 saturated heterocycles. The molecule has 7 nitrogen and oxygen atoms in total. The molecule has 3 rings (SSSR count). The molecule has 0 aliphatic heterocycles. The first-order valence-corrected chi connectivity index (χ1v) is 10.6. The lowest BCUT2D eigenvalue weighted by Gasteiger charge is -2.18. The van der Waals surface area contributed by atoms with Gasteiger partial charge in [-0.3, -0.25) is 4.79 Å². The van der Waals surface area contributed by atoms with Crippen LogP contribution in [-0.4, -0.2) is 47.9 Å². The van der Waals surface area contributed by atoms with Crippen LogP contribution in [0.3, 0.4) is 0 Å². The van der Waals surface area contributed by atoms with Crippen LogP contribution in [0.2, 0.25) is 5.02 Å². The van der Waals surface area contributed by atoms with Crippen molar-refractivity contribution in [3.63, 3.8) is 0 Å². The van der Waals surface area contributed by atoms with E-state index in [4.69, 9.17) is 20.8 Å². The Kier molecular flexibility index (Phi) is 7.59. The first kappa shape index (κ1) is 22.0. The zero-order chi connectivity index (χ0) is 21.5. The van der Waals surface area contributed by atoms with Crippen molar-refractivity contribution in [3.8, 4) is 5.75 Å². The molecule has 0 aliphatic carbocycles. The Hall–Kier alpha value is -2.71. The first-order valence-electron chi connectivity index (χ1n) is 9.24. The van der Waals surface area contributed by atoms with Crippen molar-refractivity contribution < 1.29 is 13.9 Å². The van der Waals surface area contributed by atoms with Crippen LogP contribution in [-0.2, 0) is 17.9 Å². The molecule has 0 unspecified atom stereocenters. The van der Waals surface area contributed by atoms with Crippen molar-refractivity contribution in [1.29, 1.82) is 0 Å². The van der Waals surface area contributed by atoms with Crippen LogP contribution in [0.15, 0.2) is 58.2 Å². The summed E-state index contributed by atoms with van der Waals surface area (Å²) >= 11 is 7.05. The van der Waals surface area contributed by atoms with Crippen molar-refractivity contribution in [3.05, 3.63) is 65.0 Å². The fourth-order valence-corrected chi connectivity index (χ4v) is 3.37. The Bertz CT molecular complexity index is 961. The molecule has 0 saturated carbocycles. The third-order valence-corrected chi connectivity index (χ3v) is 5.30. The maximum Gasteiger partial charge on any atom is 0.277 e. The van der Waals surface area contributed by atoms with E-state index in [1.54, 1.807) is 36.2 Å². The van der Waals surface area contributed by atoms with Gasteiger partial charge in [0.2, 0.25) is 5.91 Å². The molecular weight excluding hydrogens is 424 g/mol. The Morgan fingerprint density at radius 1 is 1.07 bits per heavy atom. The highest BCUT2D eigenvalue weighted by Crippen LogP contribution is 2.20. The summed E-state index contributed by atoms with van der Waals surface area (Å²) in [5.41, 5.74) is 2.19. The van der Waals surface area contributed by atoms with Gasteiger partial charge in [0, 0.05) is 38.4 Å². The van der Waals surface area contributed by atoms with Gasteiger partial charge in [-0.25, -0.2) is 0 Å². The number of ether oxygens (including phenoxy) is 1. The lowest BCUT2D eigenvalue weighted by atomic mass is 10.2. The molecule has 2 aromatic carbocycles. The highest BCUT2D eigenvalue weighted by molar-refractivity contribution is 7.99. The number of amides is 1. The third-order valence-electron chi connectivity index (χ3n) is 4.24. The SMILES string of the molecule is CN(Cc1ccc(N(C)C)cc1)C(=O)CSc1nnc(COc2ccc(Cl)cc2)o1.